The van der Waals surface area contributed by atoms with Gasteiger partial charge in [-0.25, -0.2) is 4.79 Å². The monoisotopic (exact) mass is 251 g/mol. The molecule has 96 valence electrons. The first-order valence-corrected chi connectivity index (χ1v) is 5.28. The van der Waals surface area contributed by atoms with Gasteiger partial charge in [-0.1, -0.05) is 6.07 Å². The highest BCUT2D eigenvalue weighted by atomic mass is 16.6. The predicted molar refractivity (Wildman–Crippen MR) is 61.5 cm³/mol. The van der Waals surface area contributed by atoms with E-state index in [1.165, 1.54) is 21.1 Å². The van der Waals surface area contributed by atoms with Gasteiger partial charge in [0.1, 0.15) is 0 Å². The number of carbonyl (C=O) groups is 2. The molecule has 1 fully saturated rings. The second kappa shape index (κ2) is 4.21. The molecule has 1 aromatic carbocycles. The minimum Gasteiger partial charge on any atom is -0.493 e. The van der Waals surface area contributed by atoms with Crippen molar-refractivity contribution in [2.24, 2.45) is 0 Å². The zero-order valence-electron chi connectivity index (χ0n) is 10.3. The van der Waals surface area contributed by atoms with Crippen molar-refractivity contribution in [3.8, 4) is 11.5 Å². The normalized spacial score (nSPS) is 22.4. The van der Waals surface area contributed by atoms with Gasteiger partial charge in [-0.05, 0) is 19.1 Å². The Morgan fingerprint density at radius 2 is 1.83 bits per heavy atom. The van der Waals surface area contributed by atoms with Crippen LogP contribution in [0.5, 0.6) is 11.5 Å². The Morgan fingerprint density at radius 3 is 2.33 bits per heavy atom. The number of methoxy groups -OCH3 is 2. The van der Waals surface area contributed by atoms with Gasteiger partial charge in [0, 0.05) is 5.56 Å². The van der Waals surface area contributed by atoms with E-state index >= 15 is 0 Å². The molecule has 1 atom stereocenters. The van der Waals surface area contributed by atoms with Crippen molar-refractivity contribution in [1.82, 2.24) is 5.32 Å². The molecule has 1 N–H and O–H groups in total. The van der Waals surface area contributed by atoms with Crippen LogP contribution in [0.4, 0.5) is 4.79 Å². The number of hydrogen-bond acceptors (Lipinski definition) is 5. The highest BCUT2D eigenvalue weighted by Gasteiger charge is 2.46. The zero-order valence-corrected chi connectivity index (χ0v) is 10.3. The first-order chi connectivity index (χ1) is 8.51. The van der Waals surface area contributed by atoms with Crippen molar-refractivity contribution in [3.63, 3.8) is 0 Å². The number of nitrogens with one attached hydrogen (secondary N) is 1. The summed E-state index contributed by atoms with van der Waals surface area (Å²) >= 11 is 0. The third kappa shape index (κ3) is 1.75. The van der Waals surface area contributed by atoms with E-state index < -0.39 is 17.6 Å². The van der Waals surface area contributed by atoms with Crippen LogP contribution in [0.15, 0.2) is 18.2 Å². The molecule has 1 saturated heterocycles. The highest BCUT2D eigenvalue weighted by molar-refractivity contribution is 6.03. The average molecular weight is 251 g/mol. The summed E-state index contributed by atoms with van der Waals surface area (Å²) in [5, 5.41) is 2.10. The van der Waals surface area contributed by atoms with Crippen LogP contribution in [0.1, 0.15) is 12.5 Å². The van der Waals surface area contributed by atoms with E-state index in [-0.39, 0.29) is 0 Å². The van der Waals surface area contributed by atoms with Gasteiger partial charge in [-0.15, -0.1) is 0 Å². The van der Waals surface area contributed by atoms with Crippen LogP contribution in [-0.4, -0.2) is 26.2 Å². The summed E-state index contributed by atoms with van der Waals surface area (Å²) in [6.45, 7) is 1.52. The summed E-state index contributed by atoms with van der Waals surface area (Å²) in [6, 6.07) is 4.91. The molecule has 0 aromatic heterocycles. The Morgan fingerprint density at radius 1 is 1.17 bits per heavy atom. The van der Waals surface area contributed by atoms with Crippen molar-refractivity contribution < 1.29 is 23.8 Å². The lowest BCUT2D eigenvalue weighted by Crippen LogP contribution is -2.33. The van der Waals surface area contributed by atoms with Gasteiger partial charge in [0.15, 0.2) is 11.5 Å². The van der Waals surface area contributed by atoms with Gasteiger partial charge in [0.05, 0.1) is 14.2 Å². The van der Waals surface area contributed by atoms with Crippen molar-refractivity contribution in [1.29, 1.82) is 0 Å². The van der Waals surface area contributed by atoms with Crippen LogP contribution in [-0.2, 0) is 15.1 Å². The van der Waals surface area contributed by atoms with E-state index in [0.29, 0.717) is 17.1 Å². The summed E-state index contributed by atoms with van der Waals surface area (Å²) in [5.41, 5.74) is -0.820. The number of hydrogen-bond donors (Lipinski definition) is 1. The number of cyclic esters (lactones) is 1. The molecule has 6 heteroatoms. The Hall–Kier alpha value is -2.24. The number of amides is 2. The Bertz CT molecular complexity index is 513. The maximum Gasteiger partial charge on any atom is 0.415 e. The number of imide groups is 1. The maximum absolute atomic E-state index is 11.7. The van der Waals surface area contributed by atoms with Crippen LogP contribution in [0.2, 0.25) is 0 Å². The summed E-state index contributed by atoms with van der Waals surface area (Å²) in [5.74, 6) is 0.501. The molecular formula is C12H13NO5. The number of ether oxygens (including phenoxy) is 3. The number of benzene rings is 1. The lowest BCUT2D eigenvalue weighted by atomic mass is 9.95. The molecular weight excluding hydrogens is 238 g/mol. The summed E-state index contributed by atoms with van der Waals surface area (Å²) < 4.78 is 15.3. The molecule has 2 rings (SSSR count). The third-order valence-corrected chi connectivity index (χ3v) is 2.88. The zero-order chi connectivity index (χ0) is 13.3. The van der Waals surface area contributed by atoms with Crippen LogP contribution >= 0.6 is 0 Å². The fourth-order valence-corrected chi connectivity index (χ4v) is 1.79. The highest BCUT2D eigenvalue weighted by Crippen LogP contribution is 2.35. The minimum atomic E-state index is -1.34. The van der Waals surface area contributed by atoms with E-state index in [2.05, 4.69) is 5.32 Å². The molecule has 0 bridgehead atoms. The fourth-order valence-electron chi connectivity index (χ4n) is 1.79. The molecule has 1 unspecified atom stereocenters. The van der Waals surface area contributed by atoms with Gasteiger partial charge < -0.3 is 14.2 Å². The topological polar surface area (TPSA) is 73.9 Å². The first-order valence-electron chi connectivity index (χ1n) is 5.28. The third-order valence-electron chi connectivity index (χ3n) is 2.88. The number of alkyl carbamates (subject to hydrolysis) is 1. The lowest BCUT2D eigenvalue weighted by Gasteiger charge is -2.20. The standard InChI is InChI=1S/C12H13NO5/c1-12(10(14)13-11(15)18-12)7-4-5-8(16-2)9(6-7)17-3/h4-6H,1-3H3,(H,13,14,15). The Kier molecular flexibility index (Phi) is 2.86. The fraction of sp³-hybridized carbons (Fsp3) is 0.333. The van der Waals surface area contributed by atoms with Crippen LogP contribution < -0.4 is 14.8 Å². The van der Waals surface area contributed by atoms with Crippen LogP contribution in [0.3, 0.4) is 0 Å². The number of rotatable bonds is 3. The molecule has 1 heterocycles. The van der Waals surface area contributed by atoms with Crippen molar-refractivity contribution in [3.05, 3.63) is 23.8 Å². The van der Waals surface area contributed by atoms with Crippen molar-refractivity contribution in [2.75, 3.05) is 14.2 Å². The second-order valence-corrected chi connectivity index (χ2v) is 3.95. The van der Waals surface area contributed by atoms with E-state index in [9.17, 15) is 9.59 Å². The molecule has 18 heavy (non-hydrogen) atoms. The molecule has 0 saturated carbocycles. The summed E-state index contributed by atoms with van der Waals surface area (Å²) in [4.78, 5) is 22.8. The lowest BCUT2D eigenvalue weighted by molar-refractivity contribution is -0.130. The van der Waals surface area contributed by atoms with Crippen molar-refractivity contribution >= 4 is 12.0 Å². The summed E-state index contributed by atoms with van der Waals surface area (Å²) in [7, 11) is 3.01. The van der Waals surface area contributed by atoms with E-state index in [4.69, 9.17) is 14.2 Å². The van der Waals surface area contributed by atoms with Gasteiger partial charge in [-0.2, -0.15) is 0 Å². The van der Waals surface area contributed by atoms with Gasteiger partial charge in [-0.3, -0.25) is 10.1 Å². The SMILES string of the molecule is COc1ccc(C2(C)OC(=O)NC2=O)cc1OC. The molecule has 0 radical (unpaired) electrons. The number of carbonyl (C=O) groups excluding carboxylic acids is 2. The van der Waals surface area contributed by atoms with Crippen molar-refractivity contribution in [2.45, 2.75) is 12.5 Å². The molecule has 6 nitrogen and oxygen atoms in total. The van der Waals surface area contributed by atoms with Gasteiger partial charge in [0.25, 0.3) is 5.91 Å². The Balaban J connectivity index is 2.45. The molecule has 2 amide bonds. The van der Waals surface area contributed by atoms with E-state index in [0.717, 1.165) is 0 Å². The molecule has 1 aliphatic heterocycles. The maximum atomic E-state index is 11.7. The van der Waals surface area contributed by atoms with E-state index in [1.54, 1.807) is 18.2 Å². The van der Waals surface area contributed by atoms with E-state index in [1.807, 2.05) is 0 Å². The molecule has 1 aromatic rings. The van der Waals surface area contributed by atoms with Crippen LogP contribution in [0, 0.1) is 0 Å². The Labute approximate surface area is 104 Å². The largest absolute Gasteiger partial charge is 0.493 e. The van der Waals surface area contributed by atoms with Gasteiger partial charge >= 0.3 is 6.09 Å². The molecule has 0 spiro atoms. The first kappa shape index (κ1) is 12.2. The van der Waals surface area contributed by atoms with Crippen LogP contribution in [0.25, 0.3) is 0 Å². The quantitative estimate of drug-likeness (QED) is 0.873. The average Bonchev–Trinajstić information content (AvgIpc) is 2.63. The molecule has 0 aliphatic carbocycles. The summed E-state index contributed by atoms with van der Waals surface area (Å²) in [6.07, 6.45) is -0.753. The van der Waals surface area contributed by atoms with Gasteiger partial charge in [0.2, 0.25) is 5.60 Å². The second-order valence-electron chi connectivity index (χ2n) is 3.95. The smallest absolute Gasteiger partial charge is 0.415 e. The molecule has 1 aliphatic rings. The predicted octanol–water partition coefficient (Wildman–Crippen LogP) is 1.19. The minimum absolute atomic E-state index is 0.465.